The molecule has 1 fully saturated rings. The number of thioether (sulfide) groups is 1. The zero-order chi connectivity index (χ0) is 21.6. The zero-order valence-corrected chi connectivity index (χ0v) is 16.4. The second kappa shape index (κ2) is 9.81. The summed E-state index contributed by atoms with van der Waals surface area (Å²) in [5.74, 6) is 0.145. The van der Waals surface area contributed by atoms with E-state index >= 15 is 0 Å². The number of nitro groups is 1. The fourth-order valence-electron chi connectivity index (χ4n) is 2.84. The minimum Gasteiger partial charge on any atom is -0.468 e. The van der Waals surface area contributed by atoms with E-state index in [0.29, 0.717) is 24.9 Å². The van der Waals surface area contributed by atoms with E-state index in [9.17, 15) is 32.9 Å². The Labute approximate surface area is 169 Å². The lowest BCUT2D eigenvalue weighted by Crippen LogP contribution is -2.49. The number of carbonyl (C=O) groups excluding carboxylic acids is 2. The molecule has 8 nitrogen and oxygen atoms in total. The largest absolute Gasteiger partial charge is 0.468 e. The van der Waals surface area contributed by atoms with Crippen LogP contribution in [-0.4, -0.2) is 66.5 Å². The minimum absolute atomic E-state index is 0.101. The van der Waals surface area contributed by atoms with Crippen molar-refractivity contribution >= 4 is 35.0 Å². The topological polar surface area (TPSA) is 93.0 Å². The number of methoxy groups -OCH3 is 1. The first-order valence-electron chi connectivity index (χ1n) is 8.66. The van der Waals surface area contributed by atoms with Crippen LogP contribution in [0, 0.1) is 10.1 Å². The van der Waals surface area contributed by atoms with Crippen molar-refractivity contribution in [2.45, 2.75) is 12.6 Å². The number of anilines is 1. The molecular weight excluding hydrogens is 415 g/mol. The molecule has 2 rings (SSSR count). The molecule has 0 aromatic heterocycles. The van der Waals surface area contributed by atoms with Crippen molar-refractivity contribution < 1.29 is 32.4 Å². The van der Waals surface area contributed by atoms with Gasteiger partial charge in [0.2, 0.25) is 5.91 Å². The summed E-state index contributed by atoms with van der Waals surface area (Å²) < 4.78 is 43.0. The number of esters is 1. The Morgan fingerprint density at radius 1 is 1.24 bits per heavy atom. The van der Waals surface area contributed by atoms with Crippen molar-refractivity contribution in [2.24, 2.45) is 0 Å². The van der Waals surface area contributed by atoms with Crippen molar-refractivity contribution in [1.82, 2.24) is 4.90 Å². The predicted octanol–water partition coefficient (Wildman–Crippen LogP) is 2.56. The maximum absolute atomic E-state index is 12.8. The first kappa shape index (κ1) is 22.8. The van der Waals surface area contributed by atoms with Crippen LogP contribution in [0.3, 0.4) is 0 Å². The van der Waals surface area contributed by atoms with Gasteiger partial charge in [0.1, 0.15) is 5.69 Å². The summed E-state index contributed by atoms with van der Waals surface area (Å²) in [5.41, 5.74) is -1.59. The number of nitro benzene ring substituents is 1. The number of halogens is 3. The standard InChI is InChI=1S/C17H20F3N3O5S/c1-28-16(25)11-29-9-4-15(24)22-7-5-21(6-8-22)13-3-2-12(17(18,19)20)10-14(13)23(26)27/h2-3,10H,4-9,11H2,1H3. The molecule has 0 bridgehead atoms. The van der Waals surface area contributed by atoms with Crippen LogP contribution in [0.1, 0.15) is 12.0 Å². The van der Waals surface area contributed by atoms with Gasteiger partial charge in [-0.15, -0.1) is 11.8 Å². The summed E-state index contributed by atoms with van der Waals surface area (Å²) >= 11 is 1.28. The summed E-state index contributed by atoms with van der Waals surface area (Å²) in [7, 11) is 1.29. The van der Waals surface area contributed by atoms with E-state index in [1.807, 2.05) is 0 Å². The highest BCUT2D eigenvalue weighted by Crippen LogP contribution is 2.36. The molecule has 1 aromatic carbocycles. The molecule has 1 aromatic rings. The number of amides is 1. The summed E-state index contributed by atoms with van der Waals surface area (Å²) in [6, 6.07) is 2.45. The van der Waals surface area contributed by atoms with E-state index in [1.54, 1.807) is 9.80 Å². The number of piperazine rings is 1. The number of hydrogen-bond acceptors (Lipinski definition) is 7. The molecule has 0 radical (unpaired) electrons. The van der Waals surface area contributed by atoms with Crippen LogP contribution < -0.4 is 4.90 Å². The van der Waals surface area contributed by atoms with Gasteiger partial charge < -0.3 is 14.5 Å². The molecule has 1 aliphatic rings. The first-order valence-corrected chi connectivity index (χ1v) is 9.82. The molecular formula is C17H20F3N3O5S. The van der Waals surface area contributed by atoms with Gasteiger partial charge in [0.25, 0.3) is 5.69 Å². The van der Waals surface area contributed by atoms with Crippen LogP contribution >= 0.6 is 11.8 Å². The highest BCUT2D eigenvalue weighted by atomic mass is 32.2. The summed E-state index contributed by atoms with van der Waals surface area (Å²) in [5, 5.41) is 11.2. The first-order chi connectivity index (χ1) is 13.6. The van der Waals surface area contributed by atoms with E-state index in [2.05, 4.69) is 4.74 Å². The van der Waals surface area contributed by atoms with Crippen LogP contribution in [0.4, 0.5) is 24.5 Å². The fraction of sp³-hybridized carbons (Fsp3) is 0.529. The zero-order valence-electron chi connectivity index (χ0n) is 15.6. The molecule has 1 amide bonds. The molecule has 0 unspecified atom stereocenters. The number of carbonyl (C=O) groups is 2. The molecule has 1 aliphatic heterocycles. The van der Waals surface area contributed by atoms with Gasteiger partial charge in [0.15, 0.2) is 0 Å². The lowest BCUT2D eigenvalue weighted by molar-refractivity contribution is -0.384. The fourth-order valence-corrected chi connectivity index (χ4v) is 3.59. The lowest BCUT2D eigenvalue weighted by Gasteiger charge is -2.36. The van der Waals surface area contributed by atoms with Crippen LogP contribution in [0.15, 0.2) is 18.2 Å². The third-order valence-corrected chi connectivity index (χ3v) is 5.31. The van der Waals surface area contributed by atoms with Crippen LogP contribution in [-0.2, 0) is 20.5 Å². The second-order valence-corrected chi connectivity index (χ2v) is 7.31. The van der Waals surface area contributed by atoms with Gasteiger partial charge >= 0.3 is 12.1 Å². The monoisotopic (exact) mass is 435 g/mol. The molecule has 12 heteroatoms. The smallest absolute Gasteiger partial charge is 0.416 e. The highest BCUT2D eigenvalue weighted by Gasteiger charge is 2.34. The van der Waals surface area contributed by atoms with E-state index in [0.717, 1.165) is 12.1 Å². The van der Waals surface area contributed by atoms with E-state index in [-0.39, 0.29) is 42.8 Å². The number of rotatable bonds is 7. The van der Waals surface area contributed by atoms with Gasteiger partial charge in [-0.3, -0.25) is 19.7 Å². The van der Waals surface area contributed by atoms with Gasteiger partial charge in [0, 0.05) is 44.4 Å². The maximum atomic E-state index is 12.8. The Hall–Kier alpha value is -2.50. The number of benzene rings is 1. The predicted molar refractivity (Wildman–Crippen MR) is 101 cm³/mol. The Kier molecular flexibility index (Phi) is 7.71. The lowest BCUT2D eigenvalue weighted by atomic mass is 10.1. The van der Waals surface area contributed by atoms with Gasteiger partial charge in [-0.2, -0.15) is 13.2 Å². The number of alkyl halides is 3. The average molecular weight is 435 g/mol. The third kappa shape index (κ3) is 6.24. The third-order valence-electron chi connectivity index (χ3n) is 4.38. The molecule has 1 saturated heterocycles. The Morgan fingerprint density at radius 2 is 1.90 bits per heavy atom. The number of ether oxygens (including phenoxy) is 1. The van der Waals surface area contributed by atoms with Gasteiger partial charge in [0.05, 0.1) is 23.3 Å². The average Bonchev–Trinajstić information content (AvgIpc) is 2.69. The molecule has 160 valence electrons. The Morgan fingerprint density at radius 3 is 2.45 bits per heavy atom. The molecule has 29 heavy (non-hydrogen) atoms. The summed E-state index contributed by atoms with van der Waals surface area (Å²) in [6.07, 6.45) is -4.43. The molecule has 0 atom stereocenters. The van der Waals surface area contributed by atoms with Gasteiger partial charge in [-0.05, 0) is 12.1 Å². The molecule has 0 N–H and O–H groups in total. The van der Waals surface area contributed by atoms with E-state index < -0.39 is 22.4 Å². The molecule has 0 spiro atoms. The van der Waals surface area contributed by atoms with Crippen LogP contribution in [0.5, 0.6) is 0 Å². The SMILES string of the molecule is COC(=O)CSCCC(=O)N1CCN(c2ccc(C(F)(F)F)cc2[N+](=O)[O-])CC1. The normalized spacial score (nSPS) is 14.6. The Balaban J connectivity index is 1.94. The summed E-state index contributed by atoms with van der Waals surface area (Å²) in [6.45, 7) is 1.15. The van der Waals surface area contributed by atoms with Crippen LogP contribution in [0.25, 0.3) is 0 Å². The Bertz CT molecular complexity index is 767. The minimum atomic E-state index is -4.67. The number of hydrogen-bond donors (Lipinski definition) is 0. The van der Waals surface area contributed by atoms with Crippen molar-refractivity contribution in [2.75, 3.05) is 49.7 Å². The maximum Gasteiger partial charge on any atom is 0.416 e. The van der Waals surface area contributed by atoms with Crippen molar-refractivity contribution in [1.29, 1.82) is 0 Å². The van der Waals surface area contributed by atoms with E-state index in [4.69, 9.17) is 0 Å². The van der Waals surface area contributed by atoms with Gasteiger partial charge in [-0.1, -0.05) is 0 Å². The molecule has 1 heterocycles. The van der Waals surface area contributed by atoms with Crippen molar-refractivity contribution in [3.8, 4) is 0 Å². The quantitative estimate of drug-likeness (QED) is 0.281. The number of nitrogens with zero attached hydrogens (tertiary/aromatic N) is 3. The summed E-state index contributed by atoms with van der Waals surface area (Å²) in [4.78, 5) is 36.9. The van der Waals surface area contributed by atoms with Crippen molar-refractivity contribution in [3.05, 3.63) is 33.9 Å². The van der Waals surface area contributed by atoms with Crippen molar-refractivity contribution in [3.63, 3.8) is 0 Å². The van der Waals surface area contributed by atoms with Gasteiger partial charge in [-0.25, -0.2) is 0 Å². The second-order valence-electron chi connectivity index (χ2n) is 6.20. The van der Waals surface area contributed by atoms with Crippen LogP contribution in [0.2, 0.25) is 0 Å². The molecule has 0 saturated carbocycles. The molecule has 0 aliphatic carbocycles. The highest BCUT2D eigenvalue weighted by molar-refractivity contribution is 7.99. The van der Waals surface area contributed by atoms with E-state index in [1.165, 1.54) is 18.9 Å².